The summed E-state index contributed by atoms with van der Waals surface area (Å²) in [7, 11) is 0. The number of carboxylic acid groups (broad SMARTS) is 1. The molecule has 7 rings (SSSR count). The minimum atomic E-state index is -1.58. The van der Waals surface area contributed by atoms with Gasteiger partial charge in [0, 0.05) is 30.7 Å². The van der Waals surface area contributed by atoms with Gasteiger partial charge in [-0.25, -0.2) is 14.4 Å². The van der Waals surface area contributed by atoms with Gasteiger partial charge in [-0.2, -0.15) is 0 Å². The van der Waals surface area contributed by atoms with E-state index in [1.807, 2.05) is 13.8 Å². The summed E-state index contributed by atoms with van der Waals surface area (Å²) in [4.78, 5) is 134. The van der Waals surface area contributed by atoms with Crippen LogP contribution in [0, 0.1) is 34.5 Å². The standard InChI is InChI=1S/C45H72N12O11/c1-24-12-25-16-42(2)22-43(15-24,17-25)37(64)54-28(6-3-9-49-39(46)66)33(60)52-30(8-5-11-51-41(48)68)36(63)57-45-20-26-13-27(21-45)19-44(18-26,23-45)38(65)55-31(14-32(58)59)34(61)53-29(35(62)56-42)7-4-10-50-40(47)67/h24-31H,3-23H2,1-2H3,(H,52,60)(H,53,61)(H,54,64)(H,55,65)(H,56,62)(H,57,63)(H,58,59)(H3,46,49,66)(H3,47,50,67)(H3,48,51,68)/t24-,25+,26-,27-,28-,29-,30-,31-,42?,43?,44?,45?/m0/s1. The van der Waals surface area contributed by atoms with Crippen molar-refractivity contribution in [3.63, 3.8) is 0 Å². The molecule has 0 aromatic carbocycles. The van der Waals surface area contributed by atoms with E-state index in [0.717, 1.165) is 12.8 Å². The first-order valence-electron chi connectivity index (χ1n) is 24.2. The van der Waals surface area contributed by atoms with E-state index in [4.69, 9.17) is 17.2 Å². The van der Waals surface area contributed by atoms with Crippen LogP contribution < -0.4 is 65.1 Å². The highest BCUT2D eigenvalue weighted by Gasteiger charge is 2.62. The average Bonchev–Trinajstić information content (AvgIpc) is 3.21. The van der Waals surface area contributed by atoms with Gasteiger partial charge >= 0.3 is 24.1 Å². The lowest BCUT2D eigenvalue weighted by Gasteiger charge is -2.61. The minimum Gasteiger partial charge on any atom is -0.481 e. The number of nitrogens with one attached hydrogen (secondary N) is 9. The first-order valence-corrected chi connectivity index (χ1v) is 24.2. The number of fused-ring (bicyclic) bond motifs is 2. The highest BCUT2D eigenvalue weighted by Crippen LogP contribution is 2.62. The first-order chi connectivity index (χ1) is 32.0. The summed E-state index contributed by atoms with van der Waals surface area (Å²) >= 11 is 0. The Bertz CT molecular complexity index is 1990. The molecule has 2 unspecified atom stereocenters. The van der Waals surface area contributed by atoms with E-state index in [-0.39, 0.29) is 94.7 Å². The molecule has 1 heterocycles. The maximum Gasteiger partial charge on any atom is 0.312 e. The van der Waals surface area contributed by atoms with Crippen molar-refractivity contribution in [3.05, 3.63) is 0 Å². The fraction of sp³-hybridized carbons (Fsp3) is 0.778. The van der Waals surface area contributed by atoms with Gasteiger partial charge < -0.3 is 70.2 Å². The second kappa shape index (κ2) is 21.2. The van der Waals surface area contributed by atoms with Crippen molar-refractivity contribution in [1.82, 2.24) is 47.9 Å². The fourth-order valence-electron chi connectivity index (χ4n) is 13.5. The van der Waals surface area contributed by atoms with E-state index in [2.05, 4.69) is 47.9 Å². The number of hydrogen-bond donors (Lipinski definition) is 13. The molecule has 16 N–H and O–H groups in total. The molecule has 3 spiro atoms. The highest BCUT2D eigenvalue weighted by atomic mass is 16.4. The Morgan fingerprint density at radius 1 is 0.559 bits per heavy atom. The minimum absolute atomic E-state index is 0.00499. The van der Waals surface area contributed by atoms with Gasteiger partial charge in [0.15, 0.2) is 0 Å². The Hall–Kier alpha value is -5.90. The molecule has 10 atom stereocenters. The number of urea groups is 3. The summed E-state index contributed by atoms with van der Waals surface area (Å²) in [6.07, 6.45) is 5.20. The summed E-state index contributed by atoms with van der Waals surface area (Å²) in [6.45, 7) is 4.13. The third-order valence-electron chi connectivity index (χ3n) is 15.3. The predicted molar refractivity (Wildman–Crippen MR) is 243 cm³/mol. The lowest BCUT2D eigenvalue weighted by atomic mass is 9.46. The number of primary amides is 3. The van der Waals surface area contributed by atoms with Gasteiger partial charge in [-0.1, -0.05) is 6.92 Å². The maximum absolute atomic E-state index is 14.9. The highest BCUT2D eigenvalue weighted by molar-refractivity contribution is 5.96. The molecule has 23 nitrogen and oxygen atoms in total. The molecule has 1 saturated heterocycles. The molecule has 6 saturated carbocycles. The molecule has 68 heavy (non-hydrogen) atoms. The zero-order valence-electron chi connectivity index (χ0n) is 39.2. The van der Waals surface area contributed by atoms with Crippen LogP contribution in [0.2, 0.25) is 0 Å². The maximum atomic E-state index is 14.9. The molecule has 7 fully saturated rings. The number of rotatable bonds is 14. The summed E-state index contributed by atoms with van der Waals surface area (Å²) in [5.41, 5.74) is 11.8. The van der Waals surface area contributed by atoms with E-state index < -0.39 is 112 Å². The summed E-state index contributed by atoms with van der Waals surface area (Å²) in [6, 6.07) is -7.50. The zero-order valence-corrected chi connectivity index (χ0v) is 39.2. The molecule has 0 aromatic rings. The van der Waals surface area contributed by atoms with Crippen LogP contribution >= 0.6 is 0 Å². The van der Waals surface area contributed by atoms with Crippen LogP contribution in [0.15, 0.2) is 0 Å². The van der Waals surface area contributed by atoms with Gasteiger partial charge in [0.2, 0.25) is 35.4 Å². The summed E-state index contributed by atoms with van der Waals surface area (Å²) in [5, 5.41) is 35.2. The van der Waals surface area contributed by atoms with E-state index in [0.29, 0.717) is 44.9 Å². The van der Waals surface area contributed by atoms with Gasteiger partial charge in [0.05, 0.1) is 17.3 Å². The largest absolute Gasteiger partial charge is 0.481 e. The monoisotopic (exact) mass is 957 g/mol. The molecule has 0 aromatic heterocycles. The quantitative estimate of drug-likeness (QED) is 0.0967. The molecule has 12 amide bonds. The lowest BCUT2D eigenvalue weighted by molar-refractivity contribution is -0.156. The van der Waals surface area contributed by atoms with Gasteiger partial charge in [-0.05, 0) is 140 Å². The van der Waals surface area contributed by atoms with Gasteiger partial charge in [0.1, 0.15) is 24.2 Å². The molecule has 0 radical (unpaired) electrons. The van der Waals surface area contributed by atoms with Crippen molar-refractivity contribution in [2.24, 2.45) is 51.7 Å². The van der Waals surface area contributed by atoms with Crippen LogP contribution in [0.4, 0.5) is 14.4 Å². The van der Waals surface area contributed by atoms with E-state index in [1.54, 1.807) is 0 Å². The van der Waals surface area contributed by atoms with Crippen LogP contribution in [0.3, 0.4) is 0 Å². The first kappa shape index (κ1) is 51.5. The number of carbonyl (C=O) groups is 10. The second-order valence-electron chi connectivity index (χ2n) is 21.4. The zero-order chi connectivity index (χ0) is 49.6. The van der Waals surface area contributed by atoms with Gasteiger partial charge in [-0.3, -0.25) is 33.6 Å². The lowest BCUT2D eigenvalue weighted by Crippen LogP contribution is -2.68. The van der Waals surface area contributed by atoms with Crippen molar-refractivity contribution < 1.29 is 53.1 Å². The topological polar surface area (TPSA) is 377 Å². The molecule has 1 aliphatic heterocycles. The number of amides is 12. The van der Waals surface area contributed by atoms with Crippen molar-refractivity contribution >= 4 is 59.5 Å². The SMILES string of the molecule is C[C@H]1C[C@@H]2CC3(C)CC(C1)(C2)C(=O)N[C@@H](CCCNC(N)=O)C(=O)N[C@@H](CCCNC(N)=O)C(=O)NC12C[C@H]4C[C@H](C1)CC(C4)(C2)C(=O)N[C@@H](CC(=O)O)C(=O)N[C@@H](CCCNC(N)=O)C(=O)N3. The Labute approximate surface area is 395 Å². The van der Waals surface area contributed by atoms with Gasteiger partial charge in [0.25, 0.3) is 0 Å². The molecule has 7 bridgehead atoms. The molecule has 23 heteroatoms. The number of aliphatic carboxylic acids is 1. The van der Waals surface area contributed by atoms with Crippen molar-refractivity contribution in [1.29, 1.82) is 0 Å². The second-order valence-corrected chi connectivity index (χ2v) is 21.4. The Kier molecular flexibility index (Phi) is 16.0. The number of hydrogen-bond acceptors (Lipinski definition) is 10. The van der Waals surface area contributed by atoms with E-state index in [1.165, 1.54) is 0 Å². The van der Waals surface area contributed by atoms with E-state index in [9.17, 15) is 53.1 Å². The molecular formula is C45H72N12O11. The summed E-state index contributed by atoms with van der Waals surface area (Å²) in [5.74, 6) is -4.92. The van der Waals surface area contributed by atoms with Crippen molar-refractivity contribution in [3.8, 4) is 0 Å². The Balaban J connectivity index is 1.39. The number of carbonyl (C=O) groups excluding carboxylic acids is 9. The Morgan fingerprint density at radius 2 is 0.985 bits per heavy atom. The molecule has 6 aliphatic carbocycles. The van der Waals surface area contributed by atoms with Crippen LogP contribution in [-0.4, -0.2) is 119 Å². The van der Waals surface area contributed by atoms with Crippen molar-refractivity contribution in [2.75, 3.05) is 19.6 Å². The van der Waals surface area contributed by atoms with Crippen molar-refractivity contribution in [2.45, 2.75) is 165 Å². The van der Waals surface area contributed by atoms with E-state index >= 15 is 0 Å². The van der Waals surface area contributed by atoms with Crippen LogP contribution in [-0.2, 0) is 33.6 Å². The Morgan fingerprint density at radius 3 is 1.47 bits per heavy atom. The van der Waals surface area contributed by atoms with Crippen LogP contribution in [0.1, 0.15) is 129 Å². The summed E-state index contributed by atoms with van der Waals surface area (Å²) < 4.78 is 0. The average molecular weight is 957 g/mol. The number of carboxylic acids is 1. The third-order valence-corrected chi connectivity index (χ3v) is 15.3. The predicted octanol–water partition coefficient (Wildman–Crippen LogP) is -0.694. The van der Waals surface area contributed by atoms with Crippen LogP contribution in [0.25, 0.3) is 0 Å². The smallest absolute Gasteiger partial charge is 0.312 e. The molecular weight excluding hydrogens is 885 g/mol. The van der Waals surface area contributed by atoms with Gasteiger partial charge in [-0.15, -0.1) is 0 Å². The normalized spacial score (nSPS) is 36.1. The van der Waals surface area contributed by atoms with Crippen LogP contribution in [0.5, 0.6) is 0 Å². The molecule has 7 aliphatic rings. The molecule has 378 valence electrons. The number of nitrogens with two attached hydrogens (primary N) is 3. The third kappa shape index (κ3) is 12.8. The fourth-order valence-corrected chi connectivity index (χ4v) is 13.5.